The van der Waals surface area contributed by atoms with Crippen LogP contribution >= 0.6 is 0 Å². The molecule has 2 aromatic carbocycles. The van der Waals surface area contributed by atoms with Gasteiger partial charge in [-0.2, -0.15) is 0 Å². The number of carbonyl (C=O) groups excluding carboxylic acids is 2. The molecule has 26 heavy (non-hydrogen) atoms. The van der Waals surface area contributed by atoms with Crippen LogP contribution in [0.25, 0.3) is 0 Å². The summed E-state index contributed by atoms with van der Waals surface area (Å²) in [6.45, 7) is 0. The van der Waals surface area contributed by atoms with Gasteiger partial charge in [0.1, 0.15) is 0 Å². The number of para-hydroxylation sites is 1. The number of rotatable bonds is 2. The molecular weight excluding hydrogens is 332 g/mol. The molecule has 0 atom stereocenters. The van der Waals surface area contributed by atoms with Gasteiger partial charge in [-0.3, -0.25) is 14.6 Å². The number of aromatic nitrogens is 1. The SMILES string of the molecule is O=C(O)c1ccccc1N1C(=O)c2ccccc2C1=O.c1ccncc1. The number of benzene rings is 2. The van der Waals surface area contributed by atoms with Gasteiger partial charge in [0.05, 0.1) is 22.4 Å². The maximum Gasteiger partial charge on any atom is 0.337 e. The van der Waals surface area contributed by atoms with Crippen molar-refractivity contribution in [2.45, 2.75) is 0 Å². The fraction of sp³-hybridized carbons (Fsp3) is 0. The van der Waals surface area contributed by atoms with Gasteiger partial charge in [-0.1, -0.05) is 30.3 Å². The third-order valence-electron chi connectivity index (χ3n) is 3.74. The number of amides is 2. The van der Waals surface area contributed by atoms with Crippen LogP contribution < -0.4 is 4.90 Å². The van der Waals surface area contributed by atoms with Crippen molar-refractivity contribution >= 4 is 23.5 Å². The van der Waals surface area contributed by atoms with E-state index in [1.807, 2.05) is 18.2 Å². The summed E-state index contributed by atoms with van der Waals surface area (Å²) in [6.07, 6.45) is 3.50. The highest BCUT2D eigenvalue weighted by atomic mass is 16.4. The van der Waals surface area contributed by atoms with Crippen LogP contribution in [0, 0.1) is 0 Å². The predicted molar refractivity (Wildman–Crippen MR) is 95.2 cm³/mol. The lowest BCUT2D eigenvalue weighted by molar-refractivity contribution is 0.0698. The Kier molecular flexibility index (Phi) is 4.85. The summed E-state index contributed by atoms with van der Waals surface area (Å²) < 4.78 is 0. The minimum absolute atomic E-state index is 0.0815. The van der Waals surface area contributed by atoms with E-state index in [2.05, 4.69) is 4.98 Å². The molecule has 6 nitrogen and oxygen atoms in total. The van der Waals surface area contributed by atoms with E-state index in [4.69, 9.17) is 5.11 Å². The van der Waals surface area contributed by atoms with Gasteiger partial charge in [0.2, 0.25) is 0 Å². The van der Waals surface area contributed by atoms with Crippen LogP contribution in [0.1, 0.15) is 31.1 Å². The summed E-state index contributed by atoms with van der Waals surface area (Å²) in [5.74, 6) is -2.18. The quantitative estimate of drug-likeness (QED) is 0.720. The summed E-state index contributed by atoms with van der Waals surface area (Å²) in [5.41, 5.74) is 0.587. The van der Waals surface area contributed by atoms with Crippen molar-refractivity contribution in [1.29, 1.82) is 0 Å². The Morgan fingerprint density at radius 2 is 1.31 bits per heavy atom. The Bertz CT molecular complexity index is 909. The molecule has 0 aliphatic carbocycles. The number of fused-ring (bicyclic) bond motifs is 1. The molecule has 0 radical (unpaired) electrons. The number of carbonyl (C=O) groups is 3. The van der Waals surface area contributed by atoms with Crippen molar-refractivity contribution in [2.75, 3.05) is 4.90 Å². The molecule has 0 saturated carbocycles. The Labute approximate surface area is 149 Å². The van der Waals surface area contributed by atoms with Crippen LogP contribution in [0.2, 0.25) is 0 Å². The third-order valence-corrected chi connectivity index (χ3v) is 3.74. The number of aromatic carboxylic acids is 1. The maximum absolute atomic E-state index is 12.3. The van der Waals surface area contributed by atoms with E-state index < -0.39 is 17.8 Å². The van der Waals surface area contributed by atoms with E-state index >= 15 is 0 Å². The molecule has 0 fully saturated rings. The van der Waals surface area contributed by atoms with Crippen LogP contribution in [-0.2, 0) is 0 Å². The van der Waals surface area contributed by atoms with E-state index in [1.54, 1.807) is 48.8 Å². The van der Waals surface area contributed by atoms with E-state index in [-0.39, 0.29) is 22.4 Å². The van der Waals surface area contributed by atoms with Crippen LogP contribution in [0.3, 0.4) is 0 Å². The first-order valence-corrected chi connectivity index (χ1v) is 7.76. The highest BCUT2D eigenvalue weighted by Gasteiger charge is 2.37. The molecule has 2 heterocycles. The molecule has 1 N–H and O–H groups in total. The average molecular weight is 346 g/mol. The molecule has 0 spiro atoms. The average Bonchev–Trinajstić information content (AvgIpc) is 2.94. The summed E-state index contributed by atoms with van der Waals surface area (Å²) in [4.78, 5) is 40.5. The molecule has 4 rings (SSSR count). The minimum Gasteiger partial charge on any atom is -0.478 e. The number of carboxylic acids is 1. The lowest BCUT2D eigenvalue weighted by Crippen LogP contribution is -2.30. The zero-order valence-corrected chi connectivity index (χ0v) is 13.6. The number of hydrogen-bond donors (Lipinski definition) is 1. The standard InChI is InChI=1S/C15H9NO4.C5H5N/c17-13-9-5-1-2-6-10(9)14(18)16(13)12-8-4-3-7-11(12)15(19)20;1-2-4-6-5-3-1/h1-8H,(H,19,20);1-5H. The van der Waals surface area contributed by atoms with Gasteiger partial charge in [0.25, 0.3) is 11.8 Å². The first-order chi connectivity index (χ1) is 12.6. The van der Waals surface area contributed by atoms with Gasteiger partial charge in [0, 0.05) is 12.4 Å². The van der Waals surface area contributed by atoms with Gasteiger partial charge in [-0.15, -0.1) is 0 Å². The van der Waals surface area contributed by atoms with Crippen molar-refractivity contribution in [3.8, 4) is 0 Å². The number of nitrogens with zero attached hydrogens (tertiary/aromatic N) is 2. The second-order valence-corrected chi connectivity index (χ2v) is 5.34. The van der Waals surface area contributed by atoms with Gasteiger partial charge >= 0.3 is 5.97 Å². The molecular formula is C20H14N2O4. The van der Waals surface area contributed by atoms with Crippen molar-refractivity contribution in [3.63, 3.8) is 0 Å². The zero-order valence-electron chi connectivity index (χ0n) is 13.6. The molecule has 0 bridgehead atoms. The van der Waals surface area contributed by atoms with Gasteiger partial charge in [0.15, 0.2) is 0 Å². The number of anilines is 1. The fourth-order valence-electron chi connectivity index (χ4n) is 2.57. The summed E-state index contributed by atoms with van der Waals surface area (Å²) in [5, 5.41) is 9.17. The molecule has 128 valence electrons. The van der Waals surface area contributed by atoms with Crippen LogP contribution in [0.5, 0.6) is 0 Å². The zero-order chi connectivity index (χ0) is 18.5. The number of imide groups is 1. The first kappa shape index (κ1) is 17.0. The van der Waals surface area contributed by atoms with E-state index in [1.165, 1.54) is 12.1 Å². The molecule has 6 heteroatoms. The van der Waals surface area contributed by atoms with Crippen molar-refractivity contribution in [3.05, 3.63) is 95.8 Å². The molecule has 2 amide bonds. The third kappa shape index (κ3) is 3.21. The maximum atomic E-state index is 12.3. The van der Waals surface area contributed by atoms with Crippen molar-refractivity contribution < 1.29 is 19.5 Å². The van der Waals surface area contributed by atoms with Gasteiger partial charge in [-0.25, -0.2) is 9.69 Å². The molecule has 1 aliphatic heterocycles. The molecule has 1 aromatic heterocycles. The normalized spacial score (nSPS) is 12.2. The summed E-state index contributed by atoms with van der Waals surface area (Å²) in [6, 6.07) is 18.1. The molecule has 1 aliphatic rings. The number of hydrogen-bond acceptors (Lipinski definition) is 4. The van der Waals surface area contributed by atoms with Crippen molar-refractivity contribution in [2.24, 2.45) is 0 Å². The summed E-state index contributed by atoms with van der Waals surface area (Å²) in [7, 11) is 0. The highest BCUT2D eigenvalue weighted by molar-refractivity contribution is 6.35. The minimum atomic E-state index is -1.18. The smallest absolute Gasteiger partial charge is 0.337 e. The fourth-order valence-corrected chi connectivity index (χ4v) is 2.57. The summed E-state index contributed by atoms with van der Waals surface area (Å²) >= 11 is 0. The number of carboxylic acid groups (broad SMARTS) is 1. The van der Waals surface area contributed by atoms with Crippen LogP contribution in [-0.4, -0.2) is 27.9 Å². The number of pyridine rings is 1. The van der Waals surface area contributed by atoms with Crippen molar-refractivity contribution in [1.82, 2.24) is 4.98 Å². The molecule has 3 aromatic rings. The van der Waals surface area contributed by atoms with E-state index in [0.29, 0.717) is 0 Å². The Morgan fingerprint density at radius 1 is 0.769 bits per heavy atom. The Hall–Kier alpha value is -3.80. The lowest BCUT2D eigenvalue weighted by atomic mass is 10.1. The largest absolute Gasteiger partial charge is 0.478 e. The molecule has 0 unspecified atom stereocenters. The van der Waals surface area contributed by atoms with Crippen LogP contribution in [0.15, 0.2) is 79.1 Å². The van der Waals surface area contributed by atoms with Crippen LogP contribution in [0.4, 0.5) is 5.69 Å². The monoisotopic (exact) mass is 346 g/mol. The Balaban J connectivity index is 0.000000278. The van der Waals surface area contributed by atoms with Gasteiger partial charge in [-0.05, 0) is 36.4 Å². The topological polar surface area (TPSA) is 87.6 Å². The van der Waals surface area contributed by atoms with E-state index in [9.17, 15) is 14.4 Å². The lowest BCUT2D eigenvalue weighted by Gasteiger charge is -2.16. The first-order valence-electron chi connectivity index (χ1n) is 7.76. The van der Waals surface area contributed by atoms with E-state index in [0.717, 1.165) is 4.90 Å². The highest BCUT2D eigenvalue weighted by Crippen LogP contribution is 2.30. The second-order valence-electron chi connectivity index (χ2n) is 5.34. The van der Waals surface area contributed by atoms with Gasteiger partial charge < -0.3 is 5.11 Å². The predicted octanol–water partition coefficient (Wildman–Crippen LogP) is 3.27. The molecule has 0 saturated heterocycles. The Morgan fingerprint density at radius 3 is 1.77 bits per heavy atom. The second kappa shape index (κ2) is 7.40.